The van der Waals surface area contributed by atoms with Crippen molar-refractivity contribution in [3.05, 3.63) is 94.2 Å². The van der Waals surface area contributed by atoms with Crippen molar-refractivity contribution in [1.82, 2.24) is 10.2 Å². The fraction of sp³-hybridized carbons (Fsp3) is 0.310. The van der Waals surface area contributed by atoms with Gasteiger partial charge in [0.25, 0.3) is 10.0 Å². The standard InChI is InChI=1S/C29H32Cl2FN3O4S/c1-4-20(3)33-29(37)27(5-2)34(18-21-11-13-22(32)14-12-21)28(36)19-35(23-15-16-25(30)26(31)17-23)40(38,39)24-9-7-6-8-10-24/h6-17,20,27H,4-5,18-19H2,1-3H3,(H,33,37)/t20-,27-/m1/s1. The van der Waals surface area contributed by atoms with E-state index >= 15 is 0 Å². The van der Waals surface area contributed by atoms with Crippen LogP contribution in [0.2, 0.25) is 10.0 Å². The van der Waals surface area contributed by atoms with Gasteiger partial charge in [-0.25, -0.2) is 12.8 Å². The third kappa shape index (κ3) is 7.74. The molecule has 0 radical (unpaired) electrons. The highest BCUT2D eigenvalue weighted by Crippen LogP contribution is 2.31. The highest BCUT2D eigenvalue weighted by Gasteiger charge is 2.34. The van der Waals surface area contributed by atoms with Crippen molar-refractivity contribution in [3.8, 4) is 0 Å². The van der Waals surface area contributed by atoms with E-state index in [9.17, 15) is 22.4 Å². The van der Waals surface area contributed by atoms with Gasteiger partial charge in [-0.05, 0) is 67.8 Å². The second-order valence-corrected chi connectivity index (χ2v) is 12.0. The summed E-state index contributed by atoms with van der Waals surface area (Å²) in [4.78, 5) is 28.6. The van der Waals surface area contributed by atoms with E-state index < -0.39 is 34.3 Å². The van der Waals surface area contributed by atoms with Crippen LogP contribution in [0.15, 0.2) is 77.7 Å². The molecule has 1 N–H and O–H groups in total. The van der Waals surface area contributed by atoms with E-state index in [0.29, 0.717) is 12.0 Å². The van der Waals surface area contributed by atoms with E-state index in [4.69, 9.17) is 23.2 Å². The largest absolute Gasteiger partial charge is 0.352 e. The van der Waals surface area contributed by atoms with Gasteiger partial charge in [-0.2, -0.15) is 0 Å². The van der Waals surface area contributed by atoms with Crippen molar-refractivity contribution in [2.24, 2.45) is 0 Å². The van der Waals surface area contributed by atoms with Gasteiger partial charge in [0.2, 0.25) is 11.8 Å². The van der Waals surface area contributed by atoms with Crippen molar-refractivity contribution < 1.29 is 22.4 Å². The molecule has 3 aromatic rings. The zero-order valence-corrected chi connectivity index (χ0v) is 24.8. The quantitative estimate of drug-likeness (QED) is 0.271. The summed E-state index contributed by atoms with van der Waals surface area (Å²) in [6.45, 7) is 4.89. The maximum absolute atomic E-state index is 14.0. The Bertz CT molecular complexity index is 1420. The molecule has 0 aromatic heterocycles. The van der Waals surface area contributed by atoms with Crippen LogP contribution in [-0.2, 0) is 26.2 Å². The number of benzene rings is 3. The number of hydrogen-bond acceptors (Lipinski definition) is 4. The number of halogens is 3. The number of carbonyl (C=O) groups excluding carboxylic acids is 2. The summed E-state index contributed by atoms with van der Waals surface area (Å²) in [7, 11) is -4.23. The molecule has 0 saturated carbocycles. The number of rotatable bonds is 12. The molecular weight excluding hydrogens is 576 g/mol. The molecule has 0 aliphatic heterocycles. The predicted octanol–water partition coefficient (Wildman–Crippen LogP) is 6.05. The number of amides is 2. The Kier molecular flexibility index (Phi) is 11.0. The average Bonchev–Trinajstić information content (AvgIpc) is 2.94. The van der Waals surface area contributed by atoms with E-state index in [-0.39, 0.29) is 45.5 Å². The van der Waals surface area contributed by atoms with Crippen LogP contribution in [0, 0.1) is 5.82 Å². The second kappa shape index (κ2) is 14.0. The van der Waals surface area contributed by atoms with Crippen molar-refractivity contribution in [3.63, 3.8) is 0 Å². The smallest absolute Gasteiger partial charge is 0.264 e. The van der Waals surface area contributed by atoms with Crippen LogP contribution < -0.4 is 9.62 Å². The molecule has 3 rings (SSSR count). The maximum Gasteiger partial charge on any atom is 0.264 e. The van der Waals surface area contributed by atoms with Crippen LogP contribution in [0.5, 0.6) is 0 Å². The highest BCUT2D eigenvalue weighted by atomic mass is 35.5. The summed E-state index contributed by atoms with van der Waals surface area (Å²) in [5, 5.41) is 3.24. The first-order chi connectivity index (χ1) is 19.0. The van der Waals surface area contributed by atoms with Gasteiger partial charge in [0, 0.05) is 12.6 Å². The van der Waals surface area contributed by atoms with Crippen LogP contribution in [0.25, 0.3) is 0 Å². The lowest BCUT2D eigenvalue weighted by molar-refractivity contribution is -0.140. The molecule has 0 bridgehead atoms. The summed E-state index contributed by atoms with van der Waals surface area (Å²) in [5.74, 6) is -1.43. The van der Waals surface area contributed by atoms with Crippen LogP contribution in [0.1, 0.15) is 39.2 Å². The fourth-order valence-electron chi connectivity index (χ4n) is 4.04. The molecule has 7 nitrogen and oxygen atoms in total. The summed E-state index contributed by atoms with van der Waals surface area (Å²) in [5.41, 5.74) is 0.710. The zero-order valence-electron chi connectivity index (χ0n) is 22.5. The van der Waals surface area contributed by atoms with E-state index in [1.165, 1.54) is 59.5 Å². The van der Waals surface area contributed by atoms with Gasteiger partial charge < -0.3 is 10.2 Å². The molecule has 0 aliphatic rings. The molecule has 0 saturated heterocycles. The number of nitrogens with zero attached hydrogens (tertiary/aromatic N) is 2. The molecule has 0 aliphatic carbocycles. The summed E-state index contributed by atoms with van der Waals surface area (Å²) in [6.07, 6.45) is 0.960. The van der Waals surface area contributed by atoms with Crippen LogP contribution >= 0.6 is 23.2 Å². The van der Waals surface area contributed by atoms with Gasteiger partial charge in [-0.3, -0.25) is 13.9 Å². The lowest BCUT2D eigenvalue weighted by Crippen LogP contribution is -2.53. The third-order valence-corrected chi connectivity index (χ3v) is 8.98. The molecule has 0 unspecified atom stereocenters. The van der Waals surface area contributed by atoms with Gasteiger partial charge in [-0.1, -0.05) is 67.4 Å². The van der Waals surface area contributed by atoms with Crippen molar-refractivity contribution in [1.29, 1.82) is 0 Å². The first-order valence-electron chi connectivity index (χ1n) is 12.8. The van der Waals surface area contributed by atoms with Crippen molar-refractivity contribution in [2.75, 3.05) is 10.8 Å². The van der Waals surface area contributed by atoms with Gasteiger partial charge in [-0.15, -0.1) is 0 Å². The number of sulfonamides is 1. The molecule has 214 valence electrons. The van der Waals surface area contributed by atoms with Crippen molar-refractivity contribution in [2.45, 2.75) is 57.1 Å². The molecule has 11 heteroatoms. The molecular formula is C29H32Cl2FN3O4S. The summed E-state index contributed by atoms with van der Waals surface area (Å²) < 4.78 is 42.1. The first kappa shape index (κ1) is 31.4. The summed E-state index contributed by atoms with van der Waals surface area (Å²) >= 11 is 12.3. The minimum Gasteiger partial charge on any atom is -0.352 e. The Morgan fingerprint density at radius 2 is 1.57 bits per heavy atom. The highest BCUT2D eigenvalue weighted by molar-refractivity contribution is 7.92. The lowest BCUT2D eigenvalue weighted by Gasteiger charge is -2.33. The monoisotopic (exact) mass is 607 g/mol. The molecule has 2 atom stereocenters. The topological polar surface area (TPSA) is 86.8 Å². The zero-order chi connectivity index (χ0) is 29.4. The first-order valence-corrected chi connectivity index (χ1v) is 15.0. The maximum atomic E-state index is 14.0. The molecule has 0 heterocycles. The van der Waals surface area contributed by atoms with Crippen LogP contribution in [0.4, 0.5) is 10.1 Å². The van der Waals surface area contributed by atoms with Crippen LogP contribution in [0.3, 0.4) is 0 Å². The predicted molar refractivity (Wildman–Crippen MR) is 156 cm³/mol. The number of nitrogens with one attached hydrogen (secondary N) is 1. The van der Waals surface area contributed by atoms with Gasteiger partial charge in [0.1, 0.15) is 18.4 Å². The second-order valence-electron chi connectivity index (χ2n) is 9.31. The summed E-state index contributed by atoms with van der Waals surface area (Å²) in [6, 6.07) is 16.5. The Morgan fingerprint density at radius 1 is 0.925 bits per heavy atom. The molecule has 2 amide bonds. The van der Waals surface area contributed by atoms with E-state index in [2.05, 4.69) is 5.32 Å². The van der Waals surface area contributed by atoms with E-state index in [0.717, 1.165) is 4.31 Å². The van der Waals surface area contributed by atoms with Gasteiger partial charge in [0.15, 0.2) is 0 Å². The molecule has 0 spiro atoms. The number of anilines is 1. The van der Waals surface area contributed by atoms with E-state index in [1.807, 2.05) is 13.8 Å². The number of carbonyl (C=O) groups is 2. The average molecular weight is 609 g/mol. The minimum atomic E-state index is -4.23. The normalized spacial score (nSPS) is 12.8. The number of hydrogen-bond donors (Lipinski definition) is 1. The minimum absolute atomic E-state index is 0.0273. The molecule has 3 aromatic carbocycles. The fourth-order valence-corrected chi connectivity index (χ4v) is 5.76. The third-order valence-electron chi connectivity index (χ3n) is 6.45. The molecule has 40 heavy (non-hydrogen) atoms. The van der Waals surface area contributed by atoms with Crippen molar-refractivity contribution >= 4 is 50.7 Å². The van der Waals surface area contributed by atoms with Crippen LogP contribution in [-0.4, -0.2) is 43.8 Å². The Morgan fingerprint density at radius 3 is 2.15 bits per heavy atom. The molecule has 0 fully saturated rings. The Balaban J connectivity index is 2.06. The van der Waals surface area contributed by atoms with Gasteiger partial charge >= 0.3 is 0 Å². The Hall–Kier alpha value is -3.14. The lowest BCUT2D eigenvalue weighted by atomic mass is 10.1. The van der Waals surface area contributed by atoms with E-state index in [1.54, 1.807) is 25.1 Å². The SMILES string of the molecule is CC[C@@H](C)NC(=O)[C@@H](CC)N(Cc1ccc(F)cc1)C(=O)CN(c1ccc(Cl)c(Cl)c1)S(=O)(=O)c1ccccc1. The van der Waals surface area contributed by atoms with Gasteiger partial charge in [0.05, 0.1) is 20.6 Å². The Labute approximate surface area is 244 Å².